The number of nitrogens with zero attached hydrogens (tertiary/aromatic N) is 1. The summed E-state index contributed by atoms with van der Waals surface area (Å²) in [6.45, 7) is 2.70. The van der Waals surface area contributed by atoms with Crippen molar-refractivity contribution in [3.05, 3.63) is 47.7 Å². The minimum Gasteiger partial charge on any atom is -0.495 e. The molecule has 3 N–H and O–H groups in total. The van der Waals surface area contributed by atoms with E-state index >= 15 is 0 Å². The second-order valence-electron chi connectivity index (χ2n) is 4.15. The van der Waals surface area contributed by atoms with E-state index < -0.39 is 0 Å². The van der Waals surface area contributed by atoms with Gasteiger partial charge < -0.3 is 15.8 Å². The van der Waals surface area contributed by atoms with Crippen molar-refractivity contribution in [2.75, 3.05) is 18.2 Å². The van der Waals surface area contributed by atoms with Crippen molar-refractivity contribution in [1.29, 1.82) is 0 Å². The first-order chi connectivity index (χ1) is 8.69. The van der Waals surface area contributed by atoms with Crippen LogP contribution in [-0.2, 0) is 6.54 Å². The first-order valence-corrected chi connectivity index (χ1v) is 5.78. The van der Waals surface area contributed by atoms with Gasteiger partial charge in [-0.3, -0.25) is 0 Å². The van der Waals surface area contributed by atoms with Gasteiger partial charge in [-0.05, 0) is 36.2 Å². The van der Waals surface area contributed by atoms with Gasteiger partial charge in [-0.25, -0.2) is 4.98 Å². The maximum absolute atomic E-state index is 5.85. The van der Waals surface area contributed by atoms with Crippen LogP contribution in [0.1, 0.15) is 11.1 Å². The molecular weight excluding hydrogens is 226 g/mol. The Morgan fingerprint density at radius 3 is 2.72 bits per heavy atom. The molecule has 0 saturated heterocycles. The Morgan fingerprint density at radius 2 is 2.11 bits per heavy atom. The number of ether oxygens (including phenoxy) is 1. The number of nitrogens with two attached hydrogens (primary N) is 1. The molecule has 18 heavy (non-hydrogen) atoms. The quantitative estimate of drug-likeness (QED) is 0.810. The third kappa shape index (κ3) is 2.91. The lowest BCUT2D eigenvalue weighted by atomic mass is 10.2. The standard InChI is InChI=1S/C14H17N3O/c1-10-3-6-14(16-8-10)17-9-11-4-5-13(18-2)12(15)7-11/h3-8H,9,15H2,1-2H3,(H,16,17). The first-order valence-electron chi connectivity index (χ1n) is 5.78. The van der Waals surface area contributed by atoms with E-state index in [1.54, 1.807) is 7.11 Å². The van der Waals surface area contributed by atoms with Crippen molar-refractivity contribution in [2.24, 2.45) is 0 Å². The number of rotatable bonds is 4. The summed E-state index contributed by atoms with van der Waals surface area (Å²) in [6.07, 6.45) is 1.84. The van der Waals surface area contributed by atoms with Gasteiger partial charge in [0.1, 0.15) is 11.6 Å². The SMILES string of the molecule is COc1ccc(CNc2ccc(C)cn2)cc1N. The fourth-order valence-corrected chi connectivity index (χ4v) is 1.66. The van der Waals surface area contributed by atoms with E-state index in [4.69, 9.17) is 10.5 Å². The van der Waals surface area contributed by atoms with Gasteiger partial charge in [0.15, 0.2) is 0 Å². The summed E-state index contributed by atoms with van der Waals surface area (Å²) < 4.78 is 5.12. The number of aryl methyl sites for hydroxylation is 1. The molecule has 1 aromatic heterocycles. The Bertz CT molecular complexity index is 523. The van der Waals surface area contributed by atoms with E-state index in [-0.39, 0.29) is 0 Å². The number of hydrogen-bond donors (Lipinski definition) is 2. The molecule has 0 fully saturated rings. The zero-order valence-electron chi connectivity index (χ0n) is 10.6. The smallest absolute Gasteiger partial charge is 0.141 e. The molecule has 2 aromatic rings. The summed E-state index contributed by atoms with van der Waals surface area (Å²) in [5.41, 5.74) is 8.74. The van der Waals surface area contributed by atoms with Gasteiger partial charge in [0.05, 0.1) is 12.8 Å². The highest BCUT2D eigenvalue weighted by molar-refractivity contribution is 5.54. The maximum atomic E-state index is 5.85. The minimum atomic E-state index is 0.647. The number of hydrogen-bond acceptors (Lipinski definition) is 4. The molecule has 1 aromatic carbocycles. The predicted octanol–water partition coefficient (Wildman–Crippen LogP) is 2.59. The molecule has 0 aliphatic carbocycles. The van der Waals surface area contributed by atoms with Crippen LogP contribution in [0.2, 0.25) is 0 Å². The third-order valence-corrected chi connectivity index (χ3v) is 2.68. The lowest BCUT2D eigenvalue weighted by Crippen LogP contribution is -2.02. The number of nitrogen functional groups attached to an aromatic ring is 1. The molecule has 0 bridgehead atoms. The summed E-state index contributed by atoms with van der Waals surface area (Å²) in [5.74, 6) is 1.56. The van der Waals surface area contributed by atoms with E-state index in [1.807, 2.05) is 43.5 Å². The van der Waals surface area contributed by atoms with Crippen LogP contribution in [0.5, 0.6) is 5.75 Å². The van der Waals surface area contributed by atoms with Crippen LogP contribution in [0, 0.1) is 6.92 Å². The van der Waals surface area contributed by atoms with Crippen molar-refractivity contribution in [2.45, 2.75) is 13.5 Å². The zero-order valence-corrected chi connectivity index (χ0v) is 10.6. The summed E-state index contributed by atoms with van der Waals surface area (Å²) in [6, 6.07) is 9.74. The Labute approximate surface area is 107 Å². The zero-order chi connectivity index (χ0) is 13.0. The molecular formula is C14H17N3O. The molecule has 0 unspecified atom stereocenters. The number of pyridine rings is 1. The Morgan fingerprint density at radius 1 is 1.28 bits per heavy atom. The maximum Gasteiger partial charge on any atom is 0.141 e. The van der Waals surface area contributed by atoms with Crippen molar-refractivity contribution >= 4 is 11.5 Å². The molecule has 4 nitrogen and oxygen atoms in total. The average molecular weight is 243 g/mol. The second-order valence-corrected chi connectivity index (χ2v) is 4.15. The minimum absolute atomic E-state index is 0.647. The van der Waals surface area contributed by atoms with E-state index in [9.17, 15) is 0 Å². The normalized spacial score (nSPS) is 10.1. The number of benzene rings is 1. The van der Waals surface area contributed by atoms with Gasteiger partial charge in [-0.15, -0.1) is 0 Å². The van der Waals surface area contributed by atoms with Gasteiger partial charge in [-0.1, -0.05) is 12.1 Å². The molecule has 0 radical (unpaired) electrons. The molecule has 2 rings (SSSR count). The Kier molecular flexibility index (Phi) is 3.67. The average Bonchev–Trinajstić information content (AvgIpc) is 2.38. The van der Waals surface area contributed by atoms with Gasteiger partial charge in [-0.2, -0.15) is 0 Å². The fourth-order valence-electron chi connectivity index (χ4n) is 1.66. The Hall–Kier alpha value is -2.23. The number of methoxy groups -OCH3 is 1. The second kappa shape index (κ2) is 5.40. The lowest BCUT2D eigenvalue weighted by Gasteiger charge is -2.09. The van der Waals surface area contributed by atoms with Crippen LogP contribution in [0.15, 0.2) is 36.5 Å². The van der Waals surface area contributed by atoms with Crippen molar-refractivity contribution in [1.82, 2.24) is 4.98 Å². The van der Waals surface area contributed by atoms with Crippen LogP contribution in [-0.4, -0.2) is 12.1 Å². The summed E-state index contributed by atoms with van der Waals surface area (Å²) in [5, 5.41) is 3.25. The highest BCUT2D eigenvalue weighted by Crippen LogP contribution is 2.22. The Balaban J connectivity index is 2.02. The third-order valence-electron chi connectivity index (χ3n) is 2.68. The molecule has 0 aliphatic heterocycles. The van der Waals surface area contributed by atoms with E-state index in [0.717, 1.165) is 16.9 Å². The van der Waals surface area contributed by atoms with Gasteiger partial charge in [0, 0.05) is 12.7 Å². The molecule has 1 heterocycles. The lowest BCUT2D eigenvalue weighted by molar-refractivity contribution is 0.417. The van der Waals surface area contributed by atoms with E-state index in [0.29, 0.717) is 18.0 Å². The monoisotopic (exact) mass is 243 g/mol. The largest absolute Gasteiger partial charge is 0.495 e. The van der Waals surface area contributed by atoms with Crippen LogP contribution in [0.25, 0.3) is 0 Å². The van der Waals surface area contributed by atoms with Crippen LogP contribution in [0.4, 0.5) is 11.5 Å². The number of anilines is 2. The molecule has 0 aliphatic rings. The molecule has 0 spiro atoms. The van der Waals surface area contributed by atoms with Gasteiger partial charge in [0.2, 0.25) is 0 Å². The topological polar surface area (TPSA) is 60.2 Å². The van der Waals surface area contributed by atoms with Crippen molar-refractivity contribution in [3.8, 4) is 5.75 Å². The number of aromatic nitrogens is 1. The van der Waals surface area contributed by atoms with Gasteiger partial charge in [0.25, 0.3) is 0 Å². The van der Waals surface area contributed by atoms with Crippen molar-refractivity contribution in [3.63, 3.8) is 0 Å². The first kappa shape index (κ1) is 12.2. The summed E-state index contributed by atoms with van der Waals surface area (Å²) >= 11 is 0. The highest BCUT2D eigenvalue weighted by Gasteiger charge is 2.01. The molecule has 94 valence electrons. The molecule has 0 saturated carbocycles. The number of nitrogens with one attached hydrogen (secondary N) is 1. The van der Waals surface area contributed by atoms with E-state index in [2.05, 4.69) is 10.3 Å². The van der Waals surface area contributed by atoms with Crippen LogP contribution in [0.3, 0.4) is 0 Å². The molecule has 0 amide bonds. The molecule has 4 heteroatoms. The molecule has 0 atom stereocenters. The van der Waals surface area contributed by atoms with Crippen LogP contribution < -0.4 is 15.8 Å². The van der Waals surface area contributed by atoms with Crippen molar-refractivity contribution < 1.29 is 4.74 Å². The summed E-state index contributed by atoms with van der Waals surface area (Å²) in [4.78, 5) is 4.28. The fraction of sp³-hybridized carbons (Fsp3) is 0.214. The highest BCUT2D eigenvalue weighted by atomic mass is 16.5. The van der Waals surface area contributed by atoms with Crippen LogP contribution >= 0.6 is 0 Å². The summed E-state index contributed by atoms with van der Waals surface area (Å²) in [7, 11) is 1.61. The van der Waals surface area contributed by atoms with Gasteiger partial charge >= 0.3 is 0 Å². The predicted molar refractivity (Wildman–Crippen MR) is 73.7 cm³/mol. The van der Waals surface area contributed by atoms with E-state index in [1.165, 1.54) is 0 Å².